The Balaban J connectivity index is 0.978. The second-order valence-electron chi connectivity index (χ2n) is 25.3. The summed E-state index contributed by atoms with van der Waals surface area (Å²) < 4.78 is 24.9. The van der Waals surface area contributed by atoms with E-state index in [0.29, 0.717) is 56.8 Å². The number of nitrogens with two attached hydrogens (primary N) is 1. The lowest BCUT2D eigenvalue weighted by molar-refractivity contribution is -0.0826. The zero-order valence-corrected chi connectivity index (χ0v) is 47.2. The fourth-order valence-electron chi connectivity index (χ4n) is 14.3. The highest BCUT2D eigenvalue weighted by Crippen LogP contribution is 2.68. The number of carbonyl (C=O) groups excluding carboxylic acids is 1. The lowest BCUT2D eigenvalue weighted by Gasteiger charge is -2.63. The molecule has 5 aliphatic rings. The van der Waals surface area contributed by atoms with E-state index in [4.69, 9.17) is 24.7 Å². The maximum absolute atomic E-state index is 12.7. The van der Waals surface area contributed by atoms with E-state index in [1.165, 1.54) is 135 Å². The number of carbonyl (C=O) groups is 1. The number of amides is 1. The Labute approximate surface area is 431 Å². The van der Waals surface area contributed by atoms with Crippen molar-refractivity contribution >= 4 is 6.09 Å². The van der Waals surface area contributed by atoms with Crippen LogP contribution in [0.2, 0.25) is 0 Å². The molecule has 0 spiro atoms. The van der Waals surface area contributed by atoms with Crippen LogP contribution in [0.15, 0.2) is 36.0 Å². The van der Waals surface area contributed by atoms with E-state index in [2.05, 4.69) is 76.8 Å². The Hall–Kier alpha value is -1.71. The van der Waals surface area contributed by atoms with Crippen LogP contribution >= 0.6 is 0 Å². The molecule has 3 saturated carbocycles. The highest BCUT2D eigenvalue weighted by Gasteiger charge is 2.64. The van der Waals surface area contributed by atoms with Crippen LogP contribution in [0.25, 0.3) is 0 Å². The number of hydrogen-bond donors (Lipinski definition) is 1. The molecule has 7 unspecified atom stereocenters. The van der Waals surface area contributed by atoms with E-state index in [1.54, 1.807) is 5.57 Å². The molecule has 1 amide bonds. The molecule has 1 heterocycles. The van der Waals surface area contributed by atoms with Gasteiger partial charge in [-0.3, -0.25) is 4.90 Å². The van der Waals surface area contributed by atoms with Crippen LogP contribution < -0.4 is 5.73 Å². The van der Waals surface area contributed by atoms with Crippen molar-refractivity contribution in [3.63, 3.8) is 0 Å². The van der Waals surface area contributed by atoms with Crippen molar-refractivity contribution in [1.29, 1.82) is 0 Å². The van der Waals surface area contributed by atoms with Gasteiger partial charge in [0.15, 0.2) is 0 Å². The molecule has 1 saturated heterocycles. The molecule has 8 heteroatoms. The van der Waals surface area contributed by atoms with Gasteiger partial charge in [-0.1, -0.05) is 155 Å². The third kappa shape index (κ3) is 18.3. The van der Waals surface area contributed by atoms with Crippen LogP contribution in [-0.4, -0.2) is 98.4 Å². The third-order valence-electron chi connectivity index (χ3n) is 18.3. The van der Waals surface area contributed by atoms with Crippen molar-refractivity contribution in [2.45, 2.75) is 253 Å². The molecule has 9 atom stereocenters. The third-order valence-corrected chi connectivity index (χ3v) is 18.3. The van der Waals surface area contributed by atoms with Crippen LogP contribution in [0, 0.1) is 40.4 Å². The first-order valence-electron chi connectivity index (χ1n) is 29.9. The molecule has 4 fully saturated rings. The molecule has 4 aliphatic carbocycles. The van der Waals surface area contributed by atoms with Gasteiger partial charge in [-0.2, -0.15) is 0 Å². The smallest absolute Gasteiger partial charge is 0.410 e. The average Bonchev–Trinajstić information content (AvgIpc) is 3.68. The largest absolute Gasteiger partial charge is 0.444 e. The van der Waals surface area contributed by atoms with Crippen molar-refractivity contribution in [1.82, 2.24) is 9.80 Å². The summed E-state index contributed by atoms with van der Waals surface area (Å²) in [6.45, 7) is 27.0. The molecule has 0 radical (unpaired) electrons. The van der Waals surface area contributed by atoms with Gasteiger partial charge in [-0.15, -0.1) is 0 Å². The van der Waals surface area contributed by atoms with Crippen molar-refractivity contribution in [2.24, 2.45) is 46.2 Å². The van der Waals surface area contributed by atoms with Crippen LogP contribution in [0.3, 0.4) is 0 Å². The van der Waals surface area contributed by atoms with Gasteiger partial charge in [0.05, 0.1) is 38.6 Å². The molecular weight excluding hydrogens is 867 g/mol. The number of piperazine rings is 1. The standard InChI is InChI=1S/C62H111N3O5/c1-10-11-12-13-14-15-16-17-18-19-20-21-22-23-24-25-26-27-31-54(49-64-40-42-65(43-41-64)58(66)70-59(5,6)7)69-47-45-67-44-46-68-53-35-37-60(8)52(48-53)34-39-62(63)56-33-32-55(51(4)30-28-29-50(2)3)61(56,9)38-36-57(60)62/h14-15,17-18,34,50-51,53-57H,10-13,16,19-33,35-49,63H2,1-9H3/b15-14-,18-17-/t51?,53?,54?,55?,56-,57-,60?,61?,62?/m1/s1. The van der Waals surface area contributed by atoms with E-state index >= 15 is 0 Å². The molecule has 70 heavy (non-hydrogen) atoms. The Kier molecular flexibility index (Phi) is 25.4. The predicted octanol–water partition coefficient (Wildman–Crippen LogP) is 15.4. The molecule has 8 nitrogen and oxygen atoms in total. The van der Waals surface area contributed by atoms with Gasteiger partial charge in [-0.05, 0) is 151 Å². The molecule has 0 aromatic heterocycles. The second kappa shape index (κ2) is 30.0. The monoisotopic (exact) mass is 978 g/mol. The van der Waals surface area contributed by atoms with Crippen LogP contribution in [0.1, 0.15) is 229 Å². The fraction of sp³-hybridized carbons (Fsp3) is 0.887. The lowest BCUT2D eigenvalue weighted by Crippen LogP contribution is -2.66. The quantitative estimate of drug-likeness (QED) is 0.0531. The van der Waals surface area contributed by atoms with E-state index in [-0.39, 0.29) is 29.3 Å². The van der Waals surface area contributed by atoms with Crippen LogP contribution in [-0.2, 0) is 18.9 Å². The van der Waals surface area contributed by atoms with Crippen LogP contribution in [0.5, 0.6) is 0 Å². The SMILES string of the molecule is CCCCC/C=C\C/C=C\CCCCCCCCCCC(CN1CCN(C(=O)OC(C)(C)C)CC1)OCCOCCOC1CCC2(C)C(=CCC3(N)[C@@H]2CCC2(C)C(C(C)CCCC(C)C)CC[C@H]23)C1. The Morgan fingerprint density at radius 2 is 1.43 bits per heavy atom. The van der Waals surface area contributed by atoms with E-state index in [9.17, 15) is 4.79 Å². The fourth-order valence-corrected chi connectivity index (χ4v) is 14.3. The van der Waals surface area contributed by atoms with Gasteiger partial charge >= 0.3 is 6.09 Å². The normalized spacial score (nSPS) is 29.4. The zero-order valence-electron chi connectivity index (χ0n) is 47.2. The Bertz CT molecular complexity index is 1560. The predicted molar refractivity (Wildman–Crippen MR) is 294 cm³/mol. The maximum Gasteiger partial charge on any atom is 0.410 e. The Morgan fingerprint density at radius 1 is 0.757 bits per heavy atom. The summed E-state index contributed by atoms with van der Waals surface area (Å²) in [5.41, 5.74) is 9.43. The summed E-state index contributed by atoms with van der Waals surface area (Å²) in [5, 5.41) is 0. The van der Waals surface area contributed by atoms with Gasteiger partial charge < -0.3 is 29.6 Å². The number of ether oxygens (including phenoxy) is 4. The summed E-state index contributed by atoms with van der Waals surface area (Å²) in [5.74, 6) is 3.66. The van der Waals surface area contributed by atoms with E-state index in [0.717, 1.165) is 69.5 Å². The van der Waals surface area contributed by atoms with Gasteiger partial charge in [0.25, 0.3) is 0 Å². The highest BCUT2D eigenvalue weighted by atomic mass is 16.6. The molecule has 0 bridgehead atoms. The molecule has 1 aliphatic heterocycles. The first-order valence-corrected chi connectivity index (χ1v) is 29.9. The molecule has 404 valence electrons. The van der Waals surface area contributed by atoms with E-state index < -0.39 is 5.60 Å². The zero-order chi connectivity index (χ0) is 50.5. The van der Waals surface area contributed by atoms with E-state index in [1.807, 2.05) is 25.7 Å². The van der Waals surface area contributed by atoms with Crippen molar-refractivity contribution in [3.8, 4) is 0 Å². The second-order valence-corrected chi connectivity index (χ2v) is 25.3. The number of fused-ring (bicyclic) bond motifs is 5. The number of nitrogens with zero attached hydrogens (tertiary/aromatic N) is 2. The van der Waals surface area contributed by atoms with Gasteiger partial charge in [0, 0.05) is 38.3 Å². The summed E-state index contributed by atoms with van der Waals surface area (Å²) in [6, 6.07) is 0. The van der Waals surface area contributed by atoms with Gasteiger partial charge in [-0.25, -0.2) is 4.79 Å². The van der Waals surface area contributed by atoms with Crippen molar-refractivity contribution in [2.75, 3.05) is 59.2 Å². The minimum atomic E-state index is -0.475. The summed E-state index contributed by atoms with van der Waals surface area (Å²) in [6.07, 6.45) is 45.1. The first-order chi connectivity index (χ1) is 33.6. The number of rotatable bonds is 32. The van der Waals surface area contributed by atoms with Crippen molar-refractivity contribution in [3.05, 3.63) is 36.0 Å². The highest BCUT2D eigenvalue weighted by molar-refractivity contribution is 5.68. The molecular formula is C62H111N3O5. The molecule has 5 rings (SSSR count). The molecule has 0 aromatic carbocycles. The lowest BCUT2D eigenvalue weighted by atomic mass is 9.44. The average molecular weight is 979 g/mol. The molecule has 2 N–H and O–H groups in total. The minimum Gasteiger partial charge on any atom is -0.444 e. The first kappa shape index (κ1) is 59.2. The van der Waals surface area contributed by atoms with Gasteiger partial charge in [0.1, 0.15) is 5.60 Å². The summed E-state index contributed by atoms with van der Waals surface area (Å²) in [7, 11) is 0. The maximum atomic E-state index is 12.7. The van der Waals surface area contributed by atoms with Crippen molar-refractivity contribution < 1.29 is 23.7 Å². The van der Waals surface area contributed by atoms with Gasteiger partial charge in [0.2, 0.25) is 0 Å². The number of allylic oxidation sites excluding steroid dienone is 4. The Morgan fingerprint density at radius 3 is 2.11 bits per heavy atom. The summed E-state index contributed by atoms with van der Waals surface area (Å²) in [4.78, 5) is 17.0. The number of hydrogen-bond acceptors (Lipinski definition) is 7. The van der Waals surface area contributed by atoms with Crippen LogP contribution in [0.4, 0.5) is 4.79 Å². The minimum absolute atomic E-state index is 0.0699. The molecule has 0 aromatic rings. The topological polar surface area (TPSA) is 86.5 Å². The summed E-state index contributed by atoms with van der Waals surface area (Å²) >= 11 is 0. The number of unbranched alkanes of at least 4 members (excludes halogenated alkanes) is 11.